The molecule has 1 saturated heterocycles. The average molecular weight is 445 g/mol. The number of carbonyl (C=O) groups excluding carboxylic acids is 1. The SMILES string of the molecule is NC(=O)c1c(-c2ccc3c(c2)CNCC3)ccnc1NCc1ccnc(N2CCOCC2)c1. The van der Waals surface area contributed by atoms with Crippen LogP contribution in [0.1, 0.15) is 27.0 Å². The first-order chi connectivity index (χ1) is 16.2. The predicted octanol–water partition coefficient (Wildman–Crippen LogP) is 2.34. The first-order valence-corrected chi connectivity index (χ1v) is 11.3. The number of pyridine rings is 2. The van der Waals surface area contributed by atoms with E-state index in [1.54, 1.807) is 6.20 Å². The normalized spacial score (nSPS) is 15.7. The predicted molar refractivity (Wildman–Crippen MR) is 128 cm³/mol. The zero-order valence-electron chi connectivity index (χ0n) is 18.5. The summed E-state index contributed by atoms with van der Waals surface area (Å²) in [5, 5.41) is 6.72. The Morgan fingerprint density at radius 3 is 2.79 bits per heavy atom. The Morgan fingerprint density at radius 2 is 1.94 bits per heavy atom. The molecule has 8 heteroatoms. The Bertz CT molecular complexity index is 1160. The number of rotatable bonds is 6. The van der Waals surface area contributed by atoms with Gasteiger partial charge in [0.15, 0.2) is 0 Å². The van der Waals surface area contributed by atoms with Crippen LogP contribution in [0, 0.1) is 0 Å². The van der Waals surface area contributed by atoms with Crippen molar-refractivity contribution in [2.75, 3.05) is 43.1 Å². The molecule has 5 rings (SSSR count). The summed E-state index contributed by atoms with van der Waals surface area (Å²) in [5.74, 6) is 0.915. The number of ether oxygens (including phenoxy) is 1. The van der Waals surface area contributed by atoms with Crippen LogP contribution < -0.4 is 21.3 Å². The van der Waals surface area contributed by atoms with Crippen LogP contribution in [0.15, 0.2) is 48.8 Å². The van der Waals surface area contributed by atoms with E-state index in [0.29, 0.717) is 31.1 Å². The van der Waals surface area contributed by atoms with Crippen molar-refractivity contribution in [1.29, 1.82) is 0 Å². The molecule has 0 bridgehead atoms. The van der Waals surface area contributed by atoms with E-state index < -0.39 is 5.91 Å². The van der Waals surface area contributed by atoms with Crippen LogP contribution in [0.3, 0.4) is 0 Å². The molecule has 4 N–H and O–H groups in total. The molecule has 1 amide bonds. The number of nitrogens with two attached hydrogens (primary N) is 1. The quantitative estimate of drug-likeness (QED) is 0.536. The Kier molecular flexibility index (Phi) is 6.19. The molecule has 1 aromatic carbocycles. The number of carbonyl (C=O) groups is 1. The summed E-state index contributed by atoms with van der Waals surface area (Å²) in [6, 6.07) is 12.2. The van der Waals surface area contributed by atoms with Crippen LogP contribution in [0.25, 0.3) is 11.1 Å². The number of benzene rings is 1. The van der Waals surface area contributed by atoms with E-state index in [0.717, 1.165) is 55.1 Å². The van der Waals surface area contributed by atoms with Gasteiger partial charge >= 0.3 is 0 Å². The van der Waals surface area contributed by atoms with Crippen molar-refractivity contribution in [3.8, 4) is 11.1 Å². The van der Waals surface area contributed by atoms with Crippen molar-refractivity contribution < 1.29 is 9.53 Å². The third-order valence-electron chi connectivity index (χ3n) is 6.21. The maximum absolute atomic E-state index is 12.5. The molecule has 4 heterocycles. The number of hydrogen-bond donors (Lipinski definition) is 3. The van der Waals surface area contributed by atoms with Gasteiger partial charge in [-0.2, -0.15) is 0 Å². The molecule has 2 aliphatic heterocycles. The van der Waals surface area contributed by atoms with E-state index in [4.69, 9.17) is 10.5 Å². The zero-order valence-corrected chi connectivity index (χ0v) is 18.5. The van der Waals surface area contributed by atoms with Gasteiger partial charge in [-0.25, -0.2) is 9.97 Å². The van der Waals surface area contributed by atoms with Gasteiger partial charge in [-0.05, 0) is 65.0 Å². The van der Waals surface area contributed by atoms with Gasteiger partial charge in [0.1, 0.15) is 11.6 Å². The Hall–Kier alpha value is -3.49. The first kappa shape index (κ1) is 21.4. The number of hydrogen-bond acceptors (Lipinski definition) is 7. The lowest BCUT2D eigenvalue weighted by molar-refractivity contribution is 0.100. The van der Waals surface area contributed by atoms with Crippen molar-refractivity contribution >= 4 is 17.5 Å². The fourth-order valence-electron chi connectivity index (χ4n) is 4.46. The number of nitrogens with zero attached hydrogens (tertiary/aromatic N) is 3. The Labute approximate surface area is 193 Å². The number of amides is 1. The molecule has 3 aromatic rings. The Balaban J connectivity index is 1.40. The Morgan fingerprint density at radius 1 is 1.09 bits per heavy atom. The van der Waals surface area contributed by atoms with E-state index in [1.807, 2.05) is 18.3 Å². The van der Waals surface area contributed by atoms with E-state index in [-0.39, 0.29) is 0 Å². The standard InChI is InChI=1S/C25H28N6O2/c26-24(32)23-21(19-2-1-18-4-6-27-16-20(18)14-19)5-8-29-25(23)30-15-17-3-7-28-22(13-17)31-9-11-33-12-10-31/h1-3,5,7-8,13-14,27H,4,6,9-12,15-16H2,(H2,26,32)(H,29,30). The minimum absolute atomic E-state index is 0.406. The monoisotopic (exact) mass is 444 g/mol. The molecule has 170 valence electrons. The summed E-state index contributed by atoms with van der Waals surface area (Å²) in [4.78, 5) is 23.6. The molecule has 0 saturated carbocycles. The molecule has 1 fully saturated rings. The smallest absolute Gasteiger partial charge is 0.253 e. The lowest BCUT2D eigenvalue weighted by Gasteiger charge is -2.28. The van der Waals surface area contributed by atoms with Gasteiger partial charge in [0.25, 0.3) is 5.91 Å². The fourth-order valence-corrected chi connectivity index (χ4v) is 4.46. The second-order valence-electron chi connectivity index (χ2n) is 8.33. The minimum Gasteiger partial charge on any atom is -0.378 e. The van der Waals surface area contributed by atoms with Crippen LogP contribution in [-0.4, -0.2) is 48.7 Å². The molecular weight excluding hydrogens is 416 g/mol. The van der Waals surface area contributed by atoms with E-state index in [9.17, 15) is 4.79 Å². The van der Waals surface area contributed by atoms with Crippen LogP contribution >= 0.6 is 0 Å². The minimum atomic E-state index is -0.500. The molecule has 0 radical (unpaired) electrons. The number of fused-ring (bicyclic) bond motifs is 1. The summed E-state index contributed by atoms with van der Waals surface area (Å²) in [5.41, 5.74) is 11.6. The van der Waals surface area contributed by atoms with Crippen LogP contribution in [0.4, 0.5) is 11.6 Å². The second kappa shape index (κ2) is 9.56. The highest BCUT2D eigenvalue weighted by Gasteiger charge is 2.19. The first-order valence-electron chi connectivity index (χ1n) is 11.3. The van der Waals surface area contributed by atoms with Gasteiger partial charge < -0.3 is 26.0 Å². The fraction of sp³-hybridized carbons (Fsp3) is 0.320. The van der Waals surface area contributed by atoms with Gasteiger partial charge in [0.05, 0.1) is 18.8 Å². The summed E-state index contributed by atoms with van der Waals surface area (Å²) in [7, 11) is 0. The van der Waals surface area contributed by atoms with Gasteiger partial charge in [0.2, 0.25) is 0 Å². The van der Waals surface area contributed by atoms with Crippen LogP contribution in [0.2, 0.25) is 0 Å². The molecule has 2 aromatic heterocycles. The maximum Gasteiger partial charge on any atom is 0.253 e. The summed E-state index contributed by atoms with van der Waals surface area (Å²) in [6.45, 7) is 5.41. The molecule has 33 heavy (non-hydrogen) atoms. The van der Waals surface area contributed by atoms with Crippen molar-refractivity contribution in [2.24, 2.45) is 5.73 Å². The van der Waals surface area contributed by atoms with Crippen molar-refractivity contribution in [3.63, 3.8) is 0 Å². The number of aromatic nitrogens is 2. The van der Waals surface area contributed by atoms with E-state index in [2.05, 4.69) is 49.8 Å². The summed E-state index contributed by atoms with van der Waals surface area (Å²) < 4.78 is 5.43. The zero-order chi connectivity index (χ0) is 22.6. The highest BCUT2D eigenvalue weighted by atomic mass is 16.5. The van der Waals surface area contributed by atoms with Gasteiger partial charge in [0, 0.05) is 38.6 Å². The van der Waals surface area contributed by atoms with Crippen LogP contribution in [-0.2, 0) is 24.2 Å². The number of primary amides is 1. The number of morpholine rings is 1. The lowest BCUT2D eigenvalue weighted by atomic mass is 9.93. The molecule has 0 unspecified atom stereocenters. The van der Waals surface area contributed by atoms with E-state index >= 15 is 0 Å². The molecule has 0 aliphatic carbocycles. The average Bonchev–Trinajstić information content (AvgIpc) is 2.87. The molecule has 8 nitrogen and oxygen atoms in total. The topological polar surface area (TPSA) is 105 Å². The largest absolute Gasteiger partial charge is 0.378 e. The van der Waals surface area contributed by atoms with Crippen LogP contribution in [0.5, 0.6) is 0 Å². The van der Waals surface area contributed by atoms with Gasteiger partial charge in [-0.3, -0.25) is 4.79 Å². The van der Waals surface area contributed by atoms with Gasteiger partial charge in [-0.15, -0.1) is 0 Å². The molecule has 0 atom stereocenters. The highest BCUT2D eigenvalue weighted by Crippen LogP contribution is 2.30. The summed E-state index contributed by atoms with van der Waals surface area (Å²) in [6.07, 6.45) is 4.54. The van der Waals surface area contributed by atoms with Gasteiger partial charge in [-0.1, -0.05) is 12.1 Å². The molecule has 0 spiro atoms. The van der Waals surface area contributed by atoms with Crippen molar-refractivity contribution in [1.82, 2.24) is 15.3 Å². The second-order valence-corrected chi connectivity index (χ2v) is 8.33. The van der Waals surface area contributed by atoms with Crippen molar-refractivity contribution in [3.05, 3.63) is 71.0 Å². The number of nitrogens with one attached hydrogen (secondary N) is 2. The molecular formula is C25H28N6O2. The lowest BCUT2D eigenvalue weighted by Crippen LogP contribution is -2.36. The van der Waals surface area contributed by atoms with E-state index in [1.165, 1.54) is 11.1 Å². The highest BCUT2D eigenvalue weighted by molar-refractivity contribution is 6.04. The summed E-state index contributed by atoms with van der Waals surface area (Å²) >= 11 is 0. The third kappa shape index (κ3) is 4.67. The molecule has 2 aliphatic rings. The van der Waals surface area contributed by atoms with Crippen molar-refractivity contribution in [2.45, 2.75) is 19.5 Å². The maximum atomic E-state index is 12.5. The third-order valence-corrected chi connectivity index (χ3v) is 6.21. The number of anilines is 2.